The van der Waals surface area contributed by atoms with E-state index >= 15 is 4.39 Å². The molecule has 0 bridgehead atoms. The second-order valence-corrected chi connectivity index (χ2v) is 7.65. The highest BCUT2D eigenvalue weighted by Gasteiger charge is 2.30. The minimum atomic E-state index is -0.686. The van der Waals surface area contributed by atoms with Crippen LogP contribution in [-0.4, -0.2) is 30.6 Å². The smallest absolute Gasteiger partial charge is 0.334 e. The molecule has 0 atom stereocenters. The molecule has 8 heteroatoms. The van der Waals surface area contributed by atoms with Crippen LogP contribution in [0.5, 0.6) is 5.75 Å². The molecule has 1 aliphatic carbocycles. The predicted octanol–water partition coefficient (Wildman–Crippen LogP) is 5.02. The zero-order chi connectivity index (χ0) is 23.1. The van der Waals surface area contributed by atoms with E-state index in [-0.39, 0.29) is 29.6 Å². The maximum absolute atomic E-state index is 15.1. The Morgan fingerprint density at radius 3 is 2.69 bits per heavy atom. The number of hydrogen-bond acceptors (Lipinski definition) is 5. The van der Waals surface area contributed by atoms with E-state index in [0.29, 0.717) is 29.6 Å². The summed E-state index contributed by atoms with van der Waals surface area (Å²) in [5.41, 5.74) is 1.34. The number of benzene rings is 1. The lowest BCUT2D eigenvalue weighted by Crippen LogP contribution is -2.34. The summed E-state index contributed by atoms with van der Waals surface area (Å²) in [6.45, 7) is 3.81. The van der Waals surface area contributed by atoms with Gasteiger partial charge in [-0.1, -0.05) is 30.3 Å². The molecule has 1 aromatic heterocycles. The van der Waals surface area contributed by atoms with Crippen molar-refractivity contribution < 1.29 is 23.5 Å². The summed E-state index contributed by atoms with van der Waals surface area (Å²) in [6.07, 6.45) is 7.11. The predicted molar refractivity (Wildman–Crippen MR) is 120 cm³/mol. The van der Waals surface area contributed by atoms with Gasteiger partial charge in [0.2, 0.25) is 0 Å². The molecular weight excluding hydrogens is 435 g/mol. The third-order valence-corrected chi connectivity index (χ3v) is 5.41. The number of carbonyl (C=O) groups is 2. The molecule has 1 aromatic carbocycles. The molecule has 0 saturated heterocycles. The maximum Gasteiger partial charge on any atom is 0.334 e. The van der Waals surface area contributed by atoms with Crippen molar-refractivity contribution >= 4 is 29.2 Å². The Hall–Kier alpha value is -3.19. The first-order valence-electron chi connectivity index (χ1n) is 10.2. The Morgan fingerprint density at radius 1 is 1.28 bits per heavy atom. The number of anilines is 1. The standard InChI is InChI=1S/C24H24ClFN2O4/c1-3-11-32-22-13-21(20(26)12-19(22)25)28(15-16-7-6-10-27-14-16)23(29)17-8-4-5-9-18(17)24(30)31-2/h3,6-7,10,12-14H,1,4-5,8-9,11,15H2,2H3. The number of amides is 1. The number of ether oxygens (including phenoxy) is 2. The van der Waals surface area contributed by atoms with Crippen LogP contribution in [0.3, 0.4) is 0 Å². The highest BCUT2D eigenvalue weighted by atomic mass is 35.5. The number of aromatic nitrogens is 1. The summed E-state index contributed by atoms with van der Waals surface area (Å²) in [5.74, 6) is -1.47. The first-order valence-corrected chi connectivity index (χ1v) is 10.6. The molecule has 0 saturated carbocycles. The largest absolute Gasteiger partial charge is 0.488 e. The number of methoxy groups -OCH3 is 1. The average Bonchev–Trinajstić information content (AvgIpc) is 2.82. The number of esters is 1. The summed E-state index contributed by atoms with van der Waals surface area (Å²) >= 11 is 6.13. The summed E-state index contributed by atoms with van der Waals surface area (Å²) in [6, 6.07) is 6.01. The van der Waals surface area contributed by atoms with E-state index in [1.165, 1.54) is 24.2 Å². The normalized spacial score (nSPS) is 13.5. The van der Waals surface area contributed by atoms with Crippen LogP contribution in [0.4, 0.5) is 10.1 Å². The molecule has 0 spiro atoms. The molecule has 0 fully saturated rings. The van der Waals surface area contributed by atoms with E-state index < -0.39 is 17.7 Å². The quantitative estimate of drug-likeness (QED) is 0.410. The Bertz CT molecular complexity index is 1040. The molecule has 3 rings (SSSR count). The van der Waals surface area contributed by atoms with Crippen LogP contribution in [0.25, 0.3) is 0 Å². The molecule has 1 amide bonds. The Balaban J connectivity index is 2.10. The molecule has 2 aromatic rings. The van der Waals surface area contributed by atoms with Crippen LogP contribution in [0, 0.1) is 5.82 Å². The third-order valence-electron chi connectivity index (χ3n) is 5.12. The lowest BCUT2D eigenvalue weighted by atomic mass is 9.90. The fourth-order valence-corrected chi connectivity index (χ4v) is 3.78. The zero-order valence-electron chi connectivity index (χ0n) is 17.8. The number of rotatable bonds is 8. The molecule has 1 aliphatic rings. The summed E-state index contributed by atoms with van der Waals surface area (Å²) in [5, 5.41) is 0.0778. The van der Waals surface area contributed by atoms with Crippen LogP contribution in [0.15, 0.2) is 60.5 Å². The van der Waals surface area contributed by atoms with E-state index in [2.05, 4.69) is 11.6 Å². The van der Waals surface area contributed by atoms with Crippen LogP contribution < -0.4 is 9.64 Å². The second kappa shape index (κ2) is 10.9. The van der Waals surface area contributed by atoms with E-state index in [0.717, 1.165) is 18.9 Å². The summed E-state index contributed by atoms with van der Waals surface area (Å²) < 4.78 is 25.5. The van der Waals surface area contributed by atoms with Gasteiger partial charge in [-0.2, -0.15) is 0 Å². The van der Waals surface area contributed by atoms with Crippen LogP contribution in [0.2, 0.25) is 5.02 Å². The first-order chi connectivity index (χ1) is 15.5. The van der Waals surface area contributed by atoms with Gasteiger partial charge < -0.3 is 14.4 Å². The average molecular weight is 459 g/mol. The van der Waals surface area contributed by atoms with Crippen molar-refractivity contribution in [2.75, 3.05) is 18.6 Å². The van der Waals surface area contributed by atoms with Gasteiger partial charge in [0.25, 0.3) is 5.91 Å². The molecule has 168 valence electrons. The van der Waals surface area contributed by atoms with Crippen molar-refractivity contribution in [2.45, 2.75) is 32.2 Å². The van der Waals surface area contributed by atoms with Gasteiger partial charge in [-0.25, -0.2) is 9.18 Å². The lowest BCUT2D eigenvalue weighted by molar-refractivity contribution is -0.136. The molecule has 6 nitrogen and oxygen atoms in total. The molecule has 0 aliphatic heterocycles. The van der Waals surface area contributed by atoms with Gasteiger partial charge in [0.1, 0.15) is 18.2 Å². The Kier molecular flexibility index (Phi) is 8.00. The van der Waals surface area contributed by atoms with Crippen molar-refractivity contribution in [1.82, 2.24) is 4.98 Å². The van der Waals surface area contributed by atoms with Crippen molar-refractivity contribution in [2.24, 2.45) is 0 Å². The monoisotopic (exact) mass is 458 g/mol. The minimum Gasteiger partial charge on any atom is -0.488 e. The molecule has 0 radical (unpaired) electrons. The molecule has 32 heavy (non-hydrogen) atoms. The number of halogens is 2. The summed E-state index contributed by atoms with van der Waals surface area (Å²) in [4.78, 5) is 31.3. The summed E-state index contributed by atoms with van der Waals surface area (Å²) in [7, 11) is 1.28. The fourth-order valence-electron chi connectivity index (χ4n) is 3.58. The van der Waals surface area contributed by atoms with E-state index in [1.807, 2.05) is 0 Å². The molecule has 0 unspecified atom stereocenters. The van der Waals surface area contributed by atoms with Crippen molar-refractivity contribution in [3.05, 3.63) is 76.9 Å². The third kappa shape index (κ3) is 5.34. The molecule has 1 heterocycles. The van der Waals surface area contributed by atoms with Gasteiger partial charge in [0.15, 0.2) is 0 Å². The number of pyridine rings is 1. The van der Waals surface area contributed by atoms with Gasteiger partial charge >= 0.3 is 5.97 Å². The van der Waals surface area contributed by atoms with Crippen molar-refractivity contribution in [1.29, 1.82) is 0 Å². The molecular formula is C24H24ClFN2O4. The van der Waals surface area contributed by atoms with Gasteiger partial charge in [-0.3, -0.25) is 9.78 Å². The topological polar surface area (TPSA) is 68.7 Å². The highest BCUT2D eigenvalue weighted by molar-refractivity contribution is 6.32. The van der Waals surface area contributed by atoms with Crippen LogP contribution in [-0.2, 0) is 20.9 Å². The zero-order valence-corrected chi connectivity index (χ0v) is 18.5. The lowest BCUT2D eigenvalue weighted by Gasteiger charge is -2.28. The number of nitrogens with zero attached hydrogens (tertiary/aromatic N) is 2. The maximum atomic E-state index is 15.1. The van der Waals surface area contributed by atoms with Crippen LogP contribution in [0.1, 0.15) is 31.2 Å². The van der Waals surface area contributed by atoms with Crippen molar-refractivity contribution in [3.63, 3.8) is 0 Å². The van der Waals surface area contributed by atoms with Gasteiger partial charge in [0, 0.05) is 29.6 Å². The van der Waals surface area contributed by atoms with Crippen molar-refractivity contribution in [3.8, 4) is 5.75 Å². The van der Waals surface area contributed by atoms with Gasteiger partial charge in [0.05, 0.1) is 24.4 Å². The fraction of sp³-hybridized carbons (Fsp3) is 0.292. The Morgan fingerprint density at radius 2 is 2.03 bits per heavy atom. The van der Waals surface area contributed by atoms with Gasteiger partial charge in [-0.15, -0.1) is 0 Å². The molecule has 0 N–H and O–H groups in total. The van der Waals surface area contributed by atoms with Gasteiger partial charge in [-0.05, 0) is 43.4 Å². The minimum absolute atomic E-state index is 0.00963. The first kappa shape index (κ1) is 23.5. The second-order valence-electron chi connectivity index (χ2n) is 7.24. The highest BCUT2D eigenvalue weighted by Crippen LogP contribution is 2.35. The van der Waals surface area contributed by atoms with E-state index in [1.54, 1.807) is 24.5 Å². The van der Waals surface area contributed by atoms with E-state index in [9.17, 15) is 9.59 Å². The Labute approximate surface area is 191 Å². The number of hydrogen-bond donors (Lipinski definition) is 0. The van der Waals surface area contributed by atoms with Crippen LogP contribution >= 0.6 is 11.6 Å². The SMILES string of the molecule is C=CCOc1cc(N(Cc2cccnc2)C(=O)C2=C(C(=O)OC)CCCC2)c(F)cc1Cl. The number of carbonyl (C=O) groups excluding carboxylic acids is 2. The van der Waals surface area contributed by atoms with E-state index in [4.69, 9.17) is 21.1 Å².